The highest BCUT2D eigenvalue weighted by atomic mass is 16.7. The minimum absolute atomic E-state index is 0.100. The minimum atomic E-state index is -0.498. The van der Waals surface area contributed by atoms with Gasteiger partial charge in [0.25, 0.3) is 0 Å². The fraction of sp³-hybridized carbons (Fsp3) is 0.611. The van der Waals surface area contributed by atoms with Gasteiger partial charge >= 0.3 is 6.03 Å². The van der Waals surface area contributed by atoms with Gasteiger partial charge in [0.15, 0.2) is 5.79 Å². The first-order chi connectivity index (χ1) is 11.1. The molecule has 0 bridgehead atoms. The molecule has 1 aromatic rings. The number of carbonyl (C=O) groups is 1. The van der Waals surface area contributed by atoms with E-state index in [2.05, 4.69) is 35.8 Å². The van der Waals surface area contributed by atoms with Crippen molar-refractivity contribution in [3.63, 3.8) is 0 Å². The molecule has 5 nitrogen and oxygen atoms in total. The Morgan fingerprint density at radius 3 is 2.87 bits per heavy atom. The van der Waals surface area contributed by atoms with Gasteiger partial charge in [0.1, 0.15) is 0 Å². The zero-order valence-corrected chi connectivity index (χ0v) is 13.9. The maximum absolute atomic E-state index is 12.1. The van der Waals surface area contributed by atoms with Crippen LogP contribution in [0, 0.1) is 5.92 Å². The number of aryl methyl sites for hydroxylation is 1. The lowest BCUT2D eigenvalue weighted by molar-refractivity contribution is -0.153. The van der Waals surface area contributed by atoms with Crippen LogP contribution in [0.4, 0.5) is 4.79 Å². The van der Waals surface area contributed by atoms with E-state index in [0.29, 0.717) is 25.7 Å². The van der Waals surface area contributed by atoms with Gasteiger partial charge in [-0.05, 0) is 36.8 Å². The average molecular weight is 318 g/mol. The van der Waals surface area contributed by atoms with E-state index < -0.39 is 5.79 Å². The molecule has 2 atom stereocenters. The number of hydrogen-bond acceptors (Lipinski definition) is 3. The summed E-state index contributed by atoms with van der Waals surface area (Å²) in [4.78, 5) is 12.1. The molecule has 0 unspecified atom stereocenters. The number of benzene rings is 1. The Kier molecular flexibility index (Phi) is 4.87. The molecule has 0 radical (unpaired) electrons. The zero-order chi connectivity index (χ0) is 16.3. The Morgan fingerprint density at radius 2 is 2.09 bits per heavy atom. The number of nitrogens with one attached hydrogen (secondary N) is 2. The SMILES string of the molecule is C[C@H](CNC(=O)N[C@@H]1CCc2ccccc21)CC1(C)OCCO1. The smallest absolute Gasteiger partial charge is 0.315 e. The molecule has 0 spiro atoms. The molecule has 1 fully saturated rings. The molecule has 5 heteroatoms. The van der Waals surface area contributed by atoms with Gasteiger partial charge in [-0.2, -0.15) is 0 Å². The van der Waals surface area contributed by atoms with Crippen LogP contribution in [0.25, 0.3) is 0 Å². The first-order valence-corrected chi connectivity index (χ1v) is 8.46. The number of urea groups is 1. The summed E-state index contributed by atoms with van der Waals surface area (Å²) in [6.07, 6.45) is 2.78. The quantitative estimate of drug-likeness (QED) is 0.877. The normalized spacial score (nSPS) is 23.3. The van der Waals surface area contributed by atoms with Crippen molar-refractivity contribution in [2.75, 3.05) is 19.8 Å². The van der Waals surface area contributed by atoms with Crippen LogP contribution in [0.2, 0.25) is 0 Å². The number of ether oxygens (including phenoxy) is 2. The van der Waals surface area contributed by atoms with Crippen LogP contribution in [-0.2, 0) is 15.9 Å². The molecular weight excluding hydrogens is 292 g/mol. The molecule has 23 heavy (non-hydrogen) atoms. The van der Waals surface area contributed by atoms with Crippen LogP contribution in [0.5, 0.6) is 0 Å². The lowest BCUT2D eigenvalue weighted by Crippen LogP contribution is -2.40. The summed E-state index contributed by atoms with van der Waals surface area (Å²) < 4.78 is 11.2. The van der Waals surface area contributed by atoms with Gasteiger partial charge < -0.3 is 20.1 Å². The van der Waals surface area contributed by atoms with Gasteiger partial charge in [-0.25, -0.2) is 4.79 Å². The topological polar surface area (TPSA) is 59.6 Å². The van der Waals surface area contributed by atoms with Crippen LogP contribution >= 0.6 is 0 Å². The maximum Gasteiger partial charge on any atom is 0.315 e. The van der Waals surface area contributed by atoms with Crippen molar-refractivity contribution in [2.24, 2.45) is 5.92 Å². The Morgan fingerprint density at radius 1 is 1.35 bits per heavy atom. The van der Waals surface area contributed by atoms with Gasteiger partial charge in [-0.3, -0.25) is 0 Å². The molecule has 1 aromatic carbocycles. The molecule has 0 aromatic heterocycles. The second kappa shape index (κ2) is 6.89. The molecule has 0 saturated carbocycles. The van der Waals surface area contributed by atoms with Gasteiger partial charge in [0.05, 0.1) is 19.3 Å². The van der Waals surface area contributed by atoms with E-state index in [9.17, 15) is 4.79 Å². The highest BCUT2D eigenvalue weighted by molar-refractivity contribution is 5.74. The summed E-state index contributed by atoms with van der Waals surface area (Å²) in [6.45, 7) is 5.98. The zero-order valence-electron chi connectivity index (χ0n) is 13.9. The Balaban J connectivity index is 1.43. The van der Waals surface area contributed by atoms with Crippen molar-refractivity contribution in [3.8, 4) is 0 Å². The van der Waals surface area contributed by atoms with Gasteiger partial charge in [0.2, 0.25) is 0 Å². The largest absolute Gasteiger partial charge is 0.348 e. The van der Waals surface area contributed by atoms with E-state index in [1.54, 1.807) is 0 Å². The molecule has 2 amide bonds. The lowest BCUT2D eigenvalue weighted by Gasteiger charge is -2.26. The summed E-state index contributed by atoms with van der Waals surface area (Å²) in [5.74, 6) is -0.207. The van der Waals surface area contributed by atoms with Crippen LogP contribution in [0.1, 0.15) is 43.9 Å². The summed E-state index contributed by atoms with van der Waals surface area (Å²) in [5.41, 5.74) is 2.59. The van der Waals surface area contributed by atoms with E-state index in [1.165, 1.54) is 11.1 Å². The molecular formula is C18H26N2O3. The number of carbonyl (C=O) groups excluding carboxylic acids is 1. The fourth-order valence-corrected chi connectivity index (χ4v) is 3.56. The summed E-state index contributed by atoms with van der Waals surface area (Å²) in [7, 11) is 0. The molecule has 1 saturated heterocycles. The van der Waals surface area contributed by atoms with E-state index >= 15 is 0 Å². The predicted molar refractivity (Wildman–Crippen MR) is 88.1 cm³/mol. The van der Waals surface area contributed by atoms with E-state index in [0.717, 1.165) is 19.3 Å². The van der Waals surface area contributed by atoms with E-state index in [4.69, 9.17) is 9.47 Å². The standard InChI is InChI=1S/C18H26N2O3/c1-13(11-18(2)22-9-10-23-18)12-19-17(21)20-16-8-7-14-5-3-4-6-15(14)16/h3-6,13,16H,7-12H2,1-2H3,(H2,19,20,21)/t13-,16+/m0/s1. The second-order valence-corrected chi connectivity index (χ2v) is 6.78. The monoisotopic (exact) mass is 318 g/mol. The van der Waals surface area contributed by atoms with Gasteiger partial charge in [-0.15, -0.1) is 0 Å². The summed E-state index contributed by atoms with van der Waals surface area (Å²) in [5, 5.41) is 6.05. The van der Waals surface area contributed by atoms with Crippen molar-refractivity contribution in [2.45, 2.75) is 44.9 Å². The van der Waals surface area contributed by atoms with Gasteiger partial charge in [0, 0.05) is 13.0 Å². The van der Waals surface area contributed by atoms with Crippen LogP contribution in [0.3, 0.4) is 0 Å². The van der Waals surface area contributed by atoms with Crippen molar-refractivity contribution >= 4 is 6.03 Å². The molecule has 126 valence electrons. The molecule has 3 rings (SSSR count). The number of rotatable bonds is 5. The van der Waals surface area contributed by atoms with Crippen LogP contribution in [0.15, 0.2) is 24.3 Å². The number of amides is 2. The first kappa shape index (κ1) is 16.3. The fourth-order valence-electron chi connectivity index (χ4n) is 3.56. The van der Waals surface area contributed by atoms with E-state index in [-0.39, 0.29) is 12.1 Å². The first-order valence-electron chi connectivity index (χ1n) is 8.46. The molecule has 2 N–H and O–H groups in total. The average Bonchev–Trinajstić information content (AvgIpc) is 3.13. The summed E-state index contributed by atoms with van der Waals surface area (Å²) in [6, 6.07) is 8.35. The number of fused-ring (bicyclic) bond motifs is 1. The molecule has 2 aliphatic rings. The minimum Gasteiger partial charge on any atom is -0.348 e. The third-order valence-corrected chi connectivity index (χ3v) is 4.67. The third-order valence-electron chi connectivity index (χ3n) is 4.67. The van der Waals surface area contributed by atoms with Crippen molar-refractivity contribution in [1.82, 2.24) is 10.6 Å². The van der Waals surface area contributed by atoms with Crippen molar-refractivity contribution in [1.29, 1.82) is 0 Å². The highest BCUT2D eigenvalue weighted by Crippen LogP contribution is 2.30. The molecule has 1 heterocycles. The Hall–Kier alpha value is -1.59. The predicted octanol–water partition coefficient (Wildman–Crippen LogP) is 2.76. The Bertz CT molecular complexity index is 555. The Labute approximate surface area is 137 Å². The van der Waals surface area contributed by atoms with Crippen molar-refractivity contribution in [3.05, 3.63) is 35.4 Å². The van der Waals surface area contributed by atoms with Crippen molar-refractivity contribution < 1.29 is 14.3 Å². The van der Waals surface area contributed by atoms with E-state index in [1.807, 2.05) is 13.0 Å². The third kappa shape index (κ3) is 4.03. The van der Waals surface area contributed by atoms with Gasteiger partial charge in [-0.1, -0.05) is 31.2 Å². The molecule has 1 aliphatic carbocycles. The summed E-state index contributed by atoms with van der Waals surface area (Å²) >= 11 is 0. The highest BCUT2D eigenvalue weighted by Gasteiger charge is 2.32. The second-order valence-electron chi connectivity index (χ2n) is 6.78. The maximum atomic E-state index is 12.1. The van der Waals surface area contributed by atoms with Crippen LogP contribution < -0.4 is 10.6 Å². The lowest BCUT2D eigenvalue weighted by atomic mass is 10.0. The molecule has 1 aliphatic heterocycles. The number of hydrogen-bond donors (Lipinski definition) is 2. The van der Waals surface area contributed by atoms with Crippen LogP contribution in [-0.4, -0.2) is 31.6 Å².